The van der Waals surface area contributed by atoms with Crippen LogP contribution in [-0.2, 0) is 6.54 Å². The molecule has 0 saturated carbocycles. The van der Waals surface area contributed by atoms with Gasteiger partial charge in [0.15, 0.2) is 0 Å². The molecule has 0 unspecified atom stereocenters. The molecule has 90 valence electrons. The van der Waals surface area contributed by atoms with Crippen molar-refractivity contribution in [3.8, 4) is 0 Å². The van der Waals surface area contributed by atoms with E-state index in [1.54, 1.807) is 0 Å². The number of hydrogen-bond acceptors (Lipinski definition) is 3. The Hall–Kier alpha value is -1.39. The van der Waals surface area contributed by atoms with E-state index in [1.165, 1.54) is 27.2 Å². The molecular weight excluding hydrogens is 308 g/mol. The monoisotopic (exact) mass is 318 g/mol. The third kappa shape index (κ3) is 2.40. The summed E-state index contributed by atoms with van der Waals surface area (Å²) in [6.07, 6.45) is 0. The van der Waals surface area contributed by atoms with Gasteiger partial charge in [-0.05, 0) is 41.4 Å². The molecule has 3 rings (SSSR count). The van der Waals surface area contributed by atoms with E-state index in [0.717, 1.165) is 16.8 Å². The summed E-state index contributed by atoms with van der Waals surface area (Å²) in [5, 5.41) is 4.58. The standard InChI is InChI=1S/C14H11BrN2S/c15-11-7-5-10(6-8-11)9-16-14-12-3-1-2-4-13(12)18-17-14/h1-8H,9H2,(H,16,17). The quantitative estimate of drug-likeness (QED) is 0.759. The zero-order chi connectivity index (χ0) is 12.4. The molecule has 0 saturated heterocycles. The van der Waals surface area contributed by atoms with Crippen molar-refractivity contribution in [2.24, 2.45) is 0 Å². The second-order valence-corrected chi connectivity index (χ2v) is 5.73. The zero-order valence-corrected chi connectivity index (χ0v) is 12.0. The predicted molar refractivity (Wildman–Crippen MR) is 81.1 cm³/mol. The Balaban J connectivity index is 1.79. The van der Waals surface area contributed by atoms with Gasteiger partial charge in [0, 0.05) is 16.4 Å². The summed E-state index contributed by atoms with van der Waals surface area (Å²) in [6, 6.07) is 16.6. The third-order valence-corrected chi connectivity index (χ3v) is 4.11. The Morgan fingerprint density at radius 3 is 2.67 bits per heavy atom. The van der Waals surface area contributed by atoms with Gasteiger partial charge in [-0.3, -0.25) is 0 Å². The highest BCUT2D eigenvalue weighted by Crippen LogP contribution is 2.26. The van der Waals surface area contributed by atoms with Gasteiger partial charge in [-0.2, -0.15) is 4.37 Å². The number of aromatic nitrogens is 1. The first-order valence-electron chi connectivity index (χ1n) is 5.66. The number of benzene rings is 2. The van der Waals surface area contributed by atoms with Gasteiger partial charge in [0.25, 0.3) is 0 Å². The topological polar surface area (TPSA) is 24.9 Å². The Morgan fingerprint density at radius 2 is 1.83 bits per heavy atom. The summed E-state index contributed by atoms with van der Waals surface area (Å²) in [5.41, 5.74) is 1.25. The second-order valence-electron chi connectivity index (χ2n) is 4.01. The average molecular weight is 319 g/mol. The van der Waals surface area contributed by atoms with Crippen LogP contribution in [0.4, 0.5) is 5.82 Å². The molecule has 0 radical (unpaired) electrons. The number of fused-ring (bicyclic) bond motifs is 1. The molecule has 0 bridgehead atoms. The van der Waals surface area contributed by atoms with Crippen molar-refractivity contribution in [1.82, 2.24) is 4.37 Å². The molecule has 1 aromatic heterocycles. The largest absolute Gasteiger partial charge is 0.365 e. The minimum Gasteiger partial charge on any atom is -0.365 e. The molecule has 1 heterocycles. The van der Waals surface area contributed by atoms with Crippen molar-refractivity contribution in [3.05, 3.63) is 58.6 Å². The Bertz CT molecular complexity index is 661. The molecule has 0 fully saturated rings. The number of nitrogens with zero attached hydrogens (tertiary/aromatic N) is 1. The van der Waals surface area contributed by atoms with Crippen molar-refractivity contribution in [2.75, 3.05) is 5.32 Å². The lowest BCUT2D eigenvalue weighted by atomic mass is 10.2. The van der Waals surface area contributed by atoms with Crippen molar-refractivity contribution >= 4 is 43.4 Å². The molecule has 3 aromatic rings. The van der Waals surface area contributed by atoms with Crippen LogP contribution in [0.15, 0.2) is 53.0 Å². The summed E-state index contributed by atoms with van der Waals surface area (Å²) in [7, 11) is 0. The predicted octanol–water partition coefficient (Wildman–Crippen LogP) is 4.67. The Kier molecular flexibility index (Phi) is 3.30. The van der Waals surface area contributed by atoms with E-state index in [2.05, 4.69) is 62.0 Å². The van der Waals surface area contributed by atoms with Gasteiger partial charge in [-0.25, -0.2) is 0 Å². The molecule has 0 aliphatic rings. The van der Waals surface area contributed by atoms with E-state index >= 15 is 0 Å². The van der Waals surface area contributed by atoms with E-state index in [4.69, 9.17) is 0 Å². The summed E-state index contributed by atoms with van der Waals surface area (Å²) in [6.45, 7) is 0.793. The van der Waals surface area contributed by atoms with Crippen LogP contribution in [0.1, 0.15) is 5.56 Å². The fourth-order valence-corrected chi connectivity index (χ4v) is 2.82. The molecule has 0 aliphatic heterocycles. The highest BCUT2D eigenvalue weighted by Gasteiger charge is 2.04. The number of anilines is 1. The van der Waals surface area contributed by atoms with Crippen molar-refractivity contribution in [3.63, 3.8) is 0 Å². The van der Waals surface area contributed by atoms with Crippen LogP contribution in [-0.4, -0.2) is 4.37 Å². The maximum absolute atomic E-state index is 4.45. The van der Waals surface area contributed by atoms with Gasteiger partial charge >= 0.3 is 0 Å². The maximum atomic E-state index is 4.45. The van der Waals surface area contributed by atoms with E-state index in [9.17, 15) is 0 Å². The second kappa shape index (κ2) is 5.08. The first-order valence-corrected chi connectivity index (χ1v) is 7.22. The molecule has 2 nitrogen and oxygen atoms in total. The first-order chi connectivity index (χ1) is 8.83. The van der Waals surface area contributed by atoms with E-state index in [-0.39, 0.29) is 0 Å². The van der Waals surface area contributed by atoms with Gasteiger partial charge in [0.2, 0.25) is 0 Å². The van der Waals surface area contributed by atoms with Crippen LogP contribution >= 0.6 is 27.5 Å². The normalized spacial score (nSPS) is 10.7. The molecule has 4 heteroatoms. The first kappa shape index (κ1) is 11.7. The van der Waals surface area contributed by atoms with Crippen molar-refractivity contribution in [1.29, 1.82) is 0 Å². The summed E-state index contributed by atoms with van der Waals surface area (Å²) >= 11 is 4.97. The minimum absolute atomic E-state index is 0.793. The summed E-state index contributed by atoms with van der Waals surface area (Å²) in [4.78, 5) is 0. The lowest BCUT2D eigenvalue weighted by Crippen LogP contribution is -1.99. The number of halogens is 1. The van der Waals surface area contributed by atoms with Crippen LogP contribution in [0.25, 0.3) is 10.1 Å². The third-order valence-electron chi connectivity index (χ3n) is 2.75. The number of hydrogen-bond donors (Lipinski definition) is 1. The van der Waals surface area contributed by atoms with Gasteiger partial charge < -0.3 is 5.32 Å². The molecule has 0 aliphatic carbocycles. The molecule has 0 atom stereocenters. The fraction of sp³-hybridized carbons (Fsp3) is 0.0714. The fourth-order valence-electron chi connectivity index (χ4n) is 1.80. The molecular formula is C14H11BrN2S. The summed E-state index contributed by atoms with van der Waals surface area (Å²) < 4.78 is 6.77. The Morgan fingerprint density at radius 1 is 1.06 bits per heavy atom. The highest BCUT2D eigenvalue weighted by atomic mass is 79.9. The smallest absolute Gasteiger partial charge is 0.147 e. The maximum Gasteiger partial charge on any atom is 0.147 e. The van der Waals surface area contributed by atoms with Crippen LogP contribution in [0.5, 0.6) is 0 Å². The average Bonchev–Trinajstić information content (AvgIpc) is 2.82. The van der Waals surface area contributed by atoms with E-state index in [1.807, 2.05) is 12.1 Å². The van der Waals surface area contributed by atoms with Crippen molar-refractivity contribution in [2.45, 2.75) is 6.54 Å². The highest BCUT2D eigenvalue weighted by molar-refractivity contribution is 9.10. The van der Waals surface area contributed by atoms with Crippen LogP contribution in [0.3, 0.4) is 0 Å². The minimum atomic E-state index is 0.793. The number of nitrogens with one attached hydrogen (secondary N) is 1. The molecule has 18 heavy (non-hydrogen) atoms. The van der Waals surface area contributed by atoms with E-state index in [0.29, 0.717) is 0 Å². The molecule has 0 spiro atoms. The lowest BCUT2D eigenvalue weighted by Gasteiger charge is -2.04. The van der Waals surface area contributed by atoms with Crippen LogP contribution in [0.2, 0.25) is 0 Å². The van der Waals surface area contributed by atoms with Crippen molar-refractivity contribution < 1.29 is 0 Å². The molecule has 0 amide bonds. The lowest BCUT2D eigenvalue weighted by molar-refractivity contribution is 1.14. The molecule has 1 N–H and O–H groups in total. The van der Waals surface area contributed by atoms with Gasteiger partial charge in [0.05, 0.1) is 4.70 Å². The van der Waals surface area contributed by atoms with Crippen LogP contribution < -0.4 is 5.32 Å². The summed E-state index contributed by atoms with van der Waals surface area (Å²) in [5.74, 6) is 0.971. The van der Waals surface area contributed by atoms with Gasteiger partial charge in [-0.15, -0.1) is 0 Å². The zero-order valence-electron chi connectivity index (χ0n) is 9.56. The van der Waals surface area contributed by atoms with E-state index < -0.39 is 0 Å². The van der Waals surface area contributed by atoms with Crippen LogP contribution in [0, 0.1) is 0 Å². The number of rotatable bonds is 3. The SMILES string of the molecule is Brc1ccc(CNc2nsc3ccccc23)cc1. The van der Waals surface area contributed by atoms with Gasteiger partial charge in [-0.1, -0.05) is 40.2 Å². The van der Waals surface area contributed by atoms with Gasteiger partial charge in [0.1, 0.15) is 5.82 Å². The molecule has 2 aromatic carbocycles. The Labute approximate surface area is 118 Å².